The maximum atomic E-state index is 5.09. The van der Waals surface area contributed by atoms with Crippen LogP contribution in [0.4, 0.5) is 0 Å². The first-order chi connectivity index (χ1) is 7.85. The Morgan fingerprint density at radius 3 is 2.94 bits per heavy atom. The van der Waals surface area contributed by atoms with Gasteiger partial charge in [0.05, 0.1) is 24.5 Å². The van der Waals surface area contributed by atoms with Crippen molar-refractivity contribution in [2.45, 2.75) is 32.4 Å². The second-order valence-corrected chi connectivity index (χ2v) is 4.38. The highest BCUT2D eigenvalue weighted by molar-refractivity contribution is 5.12. The van der Waals surface area contributed by atoms with E-state index in [1.165, 1.54) is 18.5 Å². The number of hydrogen-bond donors (Lipinski definition) is 1. The Labute approximate surface area is 96.2 Å². The summed E-state index contributed by atoms with van der Waals surface area (Å²) in [5.41, 5.74) is 2.37. The van der Waals surface area contributed by atoms with Crippen molar-refractivity contribution in [1.82, 2.24) is 20.3 Å². The van der Waals surface area contributed by atoms with Crippen molar-refractivity contribution in [2.75, 3.05) is 20.8 Å². The zero-order chi connectivity index (χ0) is 11.4. The van der Waals surface area contributed by atoms with E-state index in [2.05, 4.69) is 15.6 Å². The van der Waals surface area contributed by atoms with Crippen LogP contribution in [0, 0.1) is 5.92 Å². The Balaban J connectivity index is 2.08. The summed E-state index contributed by atoms with van der Waals surface area (Å²) in [7, 11) is 3.65. The largest absolute Gasteiger partial charge is 0.383 e. The van der Waals surface area contributed by atoms with E-state index in [9.17, 15) is 0 Å². The van der Waals surface area contributed by atoms with E-state index in [4.69, 9.17) is 4.74 Å². The summed E-state index contributed by atoms with van der Waals surface area (Å²) in [6.07, 6.45) is 3.83. The Bertz CT molecular complexity index is 333. The zero-order valence-corrected chi connectivity index (χ0v) is 10.1. The lowest BCUT2D eigenvalue weighted by atomic mass is 10.2. The van der Waals surface area contributed by atoms with Gasteiger partial charge in [-0.15, -0.1) is 5.10 Å². The van der Waals surface area contributed by atoms with Gasteiger partial charge in [-0.2, -0.15) is 0 Å². The van der Waals surface area contributed by atoms with Gasteiger partial charge in [-0.25, -0.2) is 4.68 Å². The molecule has 90 valence electrons. The van der Waals surface area contributed by atoms with E-state index in [1.807, 2.05) is 11.7 Å². The van der Waals surface area contributed by atoms with Crippen LogP contribution in [0.25, 0.3) is 0 Å². The molecule has 0 saturated heterocycles. The first-order valence-corrected chi connectivity index (χ1v) is 5.90. The second kappa shape index (κ2) is 5.41. The normalized spacial score (nSPS) is 15.6. The summed E-state index contributed by atoms with van der Waals surface area (Å²) in [6, 6.07) is 0. The molecule has 1 aromatic rings. The molecule has 1 N–H and O–H groups in total. The highest BCUT2D eigenvalue weighted by Gasteiger charge is 2.25. The third-order valence-corrected chi connectivity index (χ3v) is 2.95. The molecule has 0 bridgehead atoms. The Hall–Kier alpha value is -0.940. The molecule has 2 rings (SSSR count). The molecule has 0 radical (unpaired) electrons. The van der Waals surface area contributed by atoms with Crippen LogP contribution in [0.3, 0.4) is 0 Å². The van der Waals surface area contributed by atoms with Crippen molar-refractivity contribution in [1.29, 1.82) is 0 Å². The summed E-state index contributed by atoms with van der Waals surface area (Å²) in [4.78, 5) is 0. The molecule has 5 heteroatoms. The van der Waals surface area contributed by atoms with Crippen LogP contribution in [0.5, 0.6) is 0 Å². The number of nitrogens with zero attached hydrogens (tertiary/aromatic N) is 3. The van der Waals surface area contributed by atoms with Crippen LogP contribution >= 0.6 is 0 Å². The van der Waals surface area contributed by atoms with Gasteiger partial charge in [0, 0.05) is 13.7 Å². The Morgan fingerprint density at radius 2 is 2.31 bits per heavy atom. The van der Waals surface area contributed by atoms with Gasteiger partial charge in [0.15, 0.2) is 0 Å². The minimum Gasteiger partial charge on any atom is -0.383 e. The molecule has 0 atom stereocenters. The average molecular weight is 224 g/mol. The Kier molecular flexibility index (Phi) is 3.90. The highest BCUT2D eigenvalue weighted by atomic mass is 16.5. The minimum atomic E-state index is 0.694. The standard InChI is InChI=1S/C11H20N4O/c1-12-8-10-11(7-9-3-4-9)15(14-13-10)5-6-16-2/h9,12H,3-8H2,1-2H3. The molecular weight excluding hydrogens is 204 g/mol. The van der Waals surface area contributed by atoms with Crippen LogP contribution in [0.15, 0.2) is 0 Å². The molecule has 1 fully saturated rings. The van der Waals surface area contributed by atoms with E-state index in [-0.39, 0.29) is 0 Å². The molecule has 1 aliphatic carbocycles. The Morgan fingerprint density at radius 1 is 1.50 bits per heavy atom. The third-order valence-electron chi connectivity index (χ3n) is 2.95. The van der Waals surface area contributed by atoms with Crippen LogP contribution in [-0.4, -0.2) is 35.8 Å². The molecule has 16 heavy (non-hydrogen) atoms. The SMILES string of the molecule is CNCc1nnn(CCOC)c1CC1CC1. The lowest BCUT2D eigenvalue weighted by Gasteiger charge is -2.06. The predicted octanol–water partition coefficient (Wildman–Crippen LogP) is 0.596. The summed E-state index contributed by atoms with van der Waals surface area (Å²) >= 11 is 0. The van der Waals surface area contributed by atoms with Gasteiger partial charge < -0.3 is 10.1 Å². The fourth-order valence-electron chi connectivity index (χ4n) is 1.85. The van der Waals surface area contributed by atoms with Crippen LogP contribution in [-0.2, 0) is 24.2 Å². The van der Waals surface area contributed by atoms with E-state index in [0.717, 1.165) is 31.1 Å². The molecule has 1 saturated carbocycles. The van der Waals surface area contributed by atoms with Crippen LogP contribution < -0.4 is 5.32 Å². The van der Waals surface area contributed by atoms with Gasteiger partial charge in [-0.05, 0) is 32.2 Å². The quantitative estimate of drug-likeness (QED) is 0.736. The number of nitrogens with one attached hydrogen (secondary N) is 1. The van der Waals surface area contributed by atoms with Crippen LogP contribution in [0.2, 0.25) is 0 Å². The van der Waals surface area contributed by atoms with E-state index in [0.29, 0.717) is 6.61 Å². The summed E-state index contributed by atoms with van der Waals surface area (Å²) in [5.74, 6) is 0.857. The molecular formula is C11H20N4O. The lowest BCUT2D eigenvalue weighted by molar-refractivity contribution is 0.181. The molecule has 0 amide bonds. The molecule has 0 aliphatic heterocycles. The first kappa shape index (κ1) is 11.5. The number of ether oxygens (including phenoxy) is 1. The third kappa shape index (κ3) is 2.80. The summed E-state index contributed by atoms with van der Waals surface area (Å²) < 4.78 is 7.08. The molecule has 5 nitrogen and oxygen atoms in total. The number of hydrogen-bond acceptors (Lipinski definition) is 4. The molecule has 0 spiro atoms. The van der Waals surface area contributed by atoms with Crippen molar-refractivity contribution in [2.24, 2.45) is 5.92 Å². The van der Waals surface area contributed by atoms with Crippen molar-refractivity contribution < 1.29 is 4.74 Å². The highest BCUT2D eigenvalue weighted by Crippen LogP contribution is 2.33. The number of methoxy groups -OCH3 is 1. The minimum absolute atomic E-state index is 0.694. The van der Waals surface area contributed by atoms with Gasteiger partial charge in [0.25, 0.3) is 0 Å². The molecule has 0 unspecified atom stereocenters. The van der Waals surface area contributed by atoms with Gasteiger partial charge >= 0.3 is 0 Å². The van der Waals surface area contributed by atoms with Crippen LogP contribution in [0.1, 0.15) is 24.2 Å². The maximum Gasteiger partial charge on any atom is 0.0996 e. The summed E-state index contributed by atoms with van der Waals surface area (Å²) in [6.45, 7) is 2.30. The number of rotatable bonds is 7. The monoisotopic (exact) mass is 224 g/mol. The van der Waals surface area contributed by atoms with Crippen molar-refractivity contribution in [3.05, 3.63) is 11.4 Å². The van der Waals surface area contributed by atoms with Crippen molar-refractivity contribution in [3.63, 3.8) is 0 Å². The van der Waals surface area contributed by atoms with E-state index >= 15 is 0 Å². The molecule has 1 aromatic heterocycles. The predicted molar refractivity (Wildman–Crippen MR) is 61.1 cm³/mol. The van der Waals surface area contributed by atoms with Gasteiger partial charge in [-0.3, -0.25) is 0 Å². The molecule has 1 heterocycles. The van der Waals surface area contributed by atoms with Gasteiger partial charge in [0.1, 0.15) is 0 Å². The molecule has 0 aromatic carbocycles. The zero-order valence-electron chi connectivity index (χ0n) is 10.1. The van der Waals surface area contributed by atoms with E-state index in [1.54, 1.807) is 7.11 Å². The molecule has 1 aliphatic rings. The van der Waals surface area contributed by atoms with Gasteiger partial charge in [0.2, 0.25) is 0 Å². The van der Waals surface area contributed by atoms with Gasteiger partial charge in [-0.1, -0.05) is 5.21 Å². The van der Waals surface area contributed by atoms with Crippen molar-refractivity contribution >= 4 is 0 Å². The smallest absolute Gasteiger partial charge is 0.0996 e. The maximum absolute atomic E-state index is 5.09. The lowest BCUT2D eigenvalue weighted by Crippen LogP contribution is -2.13. The van der Waals surface area contributed by atoms with E-state index < -0.39 is 0 Å². The number of aromatic nitrogens is 3. The van der Waals surface area contributed by atoms with Crippen molar-refractivity contribution in [3.8, 4) is 0 Å². The average Bonchev–Trinajstić information content (AvgIpc) is 3.02. The fourth-order valence-corrected chi connectivity index (χ4v) is 1.85. The topological polar surface area (TPSA) is 52.0 Å². The second-order valence-electron chi connectivity index (χ2n) is 4.38. The summed E-state index contributed by atoms with van der Waals surface area (Å²) in [5, 5.41) is 11.6. The first-order valence-electron chi connectivity index (χ1n) is 5.90. The fraction of sp³-hybridized carbons (Fsp3) is 0.818.